The number of aryl methyl sites for hydroxylation is 2. The Morgan fingerprint density at radius 2 is 2.28 bits per heavy atom. The molecule has 2 heterocycles. The van der Waals surface area contributed by atoms with Crippen molar-refractivity contribution in [2.75, 3.05) is 19.6 Å². The highest BCUT2D eigenvalue weighted by Crippen LogP contribution is 2.21. The molecular formula is C13H18ClN3O. The van der Waals surface area contributed by atoms with Crippen LogP contribution in [-0.4, -0.2) is 34.1 Å². The lowest BCUT2D eigenvalue weighted by atomic mass is 10.3. The topological polar surface area (TPSA) is 39.9 Å². The first-order valence-electron chi connectivity index (χ1n) is 6.05. The van der Waals surface area contributed by atoms with E-state index in [0.29, 0.717) is 12.5 Å². The summed E-state index contributed by atoms with van der Waals surface area (Å²) < 4.78 is 7.35. The maximum Gasteiger partial charge on any atom is 0.160 e. The number of ether oxygens (including phenoxy) is 1. The van der Waals surface area contributed by atoms with Gasteiger partial charge in [0.05, 0.1) is 12.6 Å². The van der Waals surface area contributed by atoms with Crippen molar-refractivity contribution in [3.63, 3.8) is 0 Å². The third-order valence-corrected chi connectivity index (χ3v) is 3.10. The van der Waals surface area contributed by atoms with Gasteiger partial charge in [0.1, 0.15) is 11.3 Å². The molecule has 4 nitrogen and oxygen atoms in total. The summed E-state index contributed by atoms with van der Waals surface area (Å²) in [6, 6.07) is 2.25. The number of alkyl halides is 1. The summed E-state index contributed by atoms with van der Waals surface area (Å²) in [5.74, 6) is 1.53. The van der Waals surface area contributed by atoms with Gasteiger partial charge in [-0.3, -0.25) is 0 Å². The van der Waals surface area contributed by atoms with Crippen LogP contribution in [0.5, 0.6) is 0 Å². The van der Waals surface area contributed by atoms with E-state index in [0.717, 1.165) is 29.0 Å². The summed E-state index contributed by atoms with van der Waals surface area (Å²) >= 11 is 5.84. The number of methoxy groups -OCH3 is 1. The van der Waals surface area contributed by atoms with Crippen LogP contribution in [0.1, 0.15) is 24.4 Å². The van der Waals surface area contributed by atoms with Crippen molar-refractivity contribution >= 4 is 22.8 Å². The Balaban J connectivity index is 2.54. The van der Waals surface area contributed by atoms with Gasteiger partial charge in [-0.15, -0.1) is 11.6 Å². The zero-order valence-electron chi connectivity index (χ0n) is 11.0. The Bertz CT molecular complexity index is 538. The molecule has 0 aliphatic heterocycles. The van der Waals surface area contributed by atoms with Gasteiger partial charge in [-0.05, 0) is 25.5 Å². The van der Waals surface area contributed by atoms with Gasteiger partial charge in [0, 0.05) is 25.6 Å². The molecule has 0 aliphatic rings. The summed E-state index contributed by atoms with van der Waals surface area (Å²) in [6.07, 6.45) is 2.61. The summed E-state index contributed by atoms with van der Waals surface area (Å²) in [4.78, 5) is 9.12. The van der Waals surface area contributed by atoms with Gasteiger partial charge >= 0.3 is 0 Å². The SMILES string of the molecule is COCC(C)n1c(CCCl)nc2cc(C)cnc21. The number of hydrogen-bond acceptors (Lipinski definition) is 3. The van der Waals surface area contributed by atoms with Crippen LogP contribution < -0.4 is 0 Å². The molecule has 0 fully saturated rings. The molecule has 0 saturated heterocycles. The molecule has 98 valence electrons. The average Bonchev–Trinajstić information content (AvgIpc) is 2.67. The molecule has 0 N–H and O–H groups in total. The van der Waals surface area contributed by atoms with Crippen LogP contribution in [0.4, 0.5) is 0 Å². The Morgan fingerprint density at radius 1 is 1.50 bits per heavy atom. The predicted molar refractivity (Wildman–Crippen MR) is 73.3 cm³/mol. The molecule has 0 amide bonds. The van der Waals surface area contributed by atoms with Crippen molar-refractivity contribution in [1.29, 1.82) is 0 Å². The van der Waals surface area contributed by atoms with E-state index in [9.17, 15) is 0 Å². The molecule has 2 rings (SSSR count). The van der Waals surface area contributed by atoms with E-state index in [-0.39, 0.29) is 6.04 Å². The van der Waals surface area contributed by atoms with E-state index >= 15 is 0 Å². The van der Waals surface area contributed by atoms with Crippen LogP contribution in [0.25, 0.3) is 11.2 Å². The van der Waals surface area contributed by atoms with Crippen LogP contribution in [0.3, 0.4) is 0 Å². The molecule has 5 heteroatoms. The van der Waals surface area contributed by atoms with Crippen molar-refractivity contribution in [2.24, 2.45) is 0 Å². The van der Waals surface area contributed by atoms with Crippen molar-refractivity contribution in [3.05, 3.63) is 23.7 Å². The van der Waals surface area contributed by atoms with Gasteiger partial charge < -0.3 is 9.30 Å². The van der Waals surface area contributed by atoms with Crippen LogP contribution in [0.2, 0.25) is 0 Å². The van der Waals surface area contributed by atoms with Gasteiger partial charge in [0.2, 0.25) is 0 Å². The maximum absolute atomic E-state index is 5.84. The number of hydrogen-bond donors (Lipinski definition) is 0. The van der Waals surface area contributed by atoms with Crippen LogP contribution in [0, 0.1) is 6.92 Å². The number of rotatable bonds is 5. The highest BCUT2D eigenvalue weighted by Gasteiger charge is 2.16. The van der Waals surface area contributed by atoms with E-state index in [4.69, 9.17) is 16.3 Å². The number of pyridine rings is 1. The fourth-order valence-corrected chi connectivity index (χ4v) is 2.34. The van der Waals surface area contributed by atoms with E-state index in [1.54, 1.807) is 7.11 Å². The molecule has 0 radical (unpaired) electrons. The zero-order chi connectivity index (χ0) is 13.1. The Morgan fingerprint density at radius 3 is 2.94 bits per heavy atom. The molecule has 0 spiro atoms. The first-order valence-corrected chi connectivity index (χ1v) is 6.59. The van der Waals surface area contributed by atoms with Crippen molar-refractivity contribution in [1.82, 2.24) is 14.5 Å². The standard InChI is InChI=1S/C13H18ClN3O/c1-9-6-11-13(15-7-9)17(10(2)8-18-3)12(16-11)4-5-14/h6-7,10H,4-5,8H2,1-3H3. The lowest BCUT2D eigenvalue weighted by Crippen LogP contribution is -2.15. The molecular weight excluding hydrogens is 250 g/mol. The minimum atomic E-state index is 0.202. The monoisotopic (exact) mass is 267 g/mol. The van der Waals surface area contributed by atoms with Gasteiger partial charge in [-0.1, -0.05) is 0 Å². The van der Waals surface area contributed by atoms with Crippen molar-refractivity contribution in [3.8, 4) is 0 Å². The molecule has 18 heavy (non-hydrogen) atoms. The smallest absolute Gasteiger partial charge is 0.160 e. The number of aromatic nitrogens is 3. The highest BCUT2D eigenvalue weighted by molar-refractivity contribution is 6.17. The Labute approximate surface area is 112 Å². The molecule has 2 aromatic heterocycles. The van der Waals surface area contributed by atoms with E-state index in [1.165, 1.54) is 0 Å². The first-order chi connectivity index (χ1) is 8.67. The quantitative estimate of drug-likeness (QED) is 0.782. The highest BCUT2D eigenvalue weighted by atomic mass is 35.5. The van der Waals surface area contributed by atoms with Gasteiger partial charge in [0.25, 0.3) is 0 Å². The number of nitrogens with zero attached hydrogens (tertiary/aromatic N) is 3. The fourth-order valence-electron chi connectivity index (χ4n) is 2.17. The normalized spacial score (nSPS) is 13.1. The minimum absolute atomic E-state index is 0.202. The minimum Gasteiger partial charge on any atom is -0.383 e. The van der Waals surface area contributed by atoms with Gasteiger partial charge in [0.15, 0.2) is 5.65 Å². The maximum atomic E-state index is 5.84. The lowest BCUT2D eigenvalue weighted by Gasteiger charge is -2.15. The predicted octanol–water partition coefficient (Wildman–Crippen LogP) is 2.73. The molecule has 1 atom stereocenters. The second kappa shape index (κ2) is 5.67. The largest absolute Gasteiger partial charge is 0.383 e. The van der Waals surface area contributed by atoms with Crippen LogP contribution >= 0.6 is 11.6 Å². The second-order valence-corrected chi connectivity index (χ2v) is 4.87. The third kappa shape index (κ3) is 2.49. The lowest BCUT2D eigenvalue weighted by molar-refractivity contribution is 0.162. The molecule has 0 saturated carbocycles. The fraction of sp³-hybridized carbons (Fsp3) is 0.538. The molecule has 0 aliphatic carbocycles. The van der Waals surface area contributed by atoms with E-state index in [1.807, 2.05) is 13.1 Å². The van der Waals surface area contributed by atoms with Gasteiger partial charge in [-0.25, -0.2) is 9.97 Å². The van der Waals surface area contributed by atoms with E-state index < -0.39 is 0 Å². The molecule has 1 unspecified atom stereocenters. The van der Waals surface area contributed by atoms with E-state index in [2.05, 4.69) is 27.5 Å². The molecule has 0 bridgehead atoms. The van der Waals surface area contributed by atoms with Crippen molar-refractivity contribution in [2.45, 2.75) is 26.3 Å². The number of imidazole rings is 1. The number of fused-ring (bicyclic) bond motifs is 1. The summed E-state index contributed by atoms with van der Waals surface area (Å²) in [5, 5.41) is 0. The summed E-state index contributed by atoms with van der Waals surface area (Å²) in [6.45, 7) is 4.76. The zero-order valence-corrected chi connectivity index (χ0v) is 11.7. The first kappa shape index (κ1) is 13.3. The van der Waals surface area contributed by atoms with Crippen LogP contribution in [0.15, 0.2) is 12.3 Å². The average molecular weight is 268 g/mol. The van der Waals surface area contributed by atoms with Gasteiger partial charge in [-0.2, -0.15) is 0 Å². The Hall–Kier alpha value is -1.13. The van der Waals surface area contributed by atoms with Crippen molar-refractivity contribution < 1.29 is 4.74 Å². The Kier molecular flexibility index (Phi) is 4.19. The molecule has 2 aromatic rings. The van der Waals surface area contributed by atoms with Crippen LogP contribution in [-0.2, 0) is 11.2 Å². The summed E-state index contributed by atoms with van der Waals surface area (Å²) in [7, 11) is 1.70. The number of halogens is 1. The third-order valence-electron chi connectivity index (χ3n) is 2.91. The second-order valence-electron chi connectivity index (χ2n) is 4.50. The molecule has 0 aromatic carbocycles. The summed E-state index contributed by atoms with van der Waals surface area (Å²) in [5.41, 5.74) is 2.95.